The summed E-state index contributed by atoms with van der Waals surface area (Å²) in [6, 6.07) is 5.61. The molecule has 1 saturated heterocycles. The lowest BCUT2D eigenvalue weighted by Crippen LogP contribution is -2.36. The quantitative estimate of drug-likeness (QED) is 0.578. The van der Waals surface area contributed by atoms with Crippen LogP contribution >= 0.6 is 11.6 Å². The van der Waals surface area contributed by atoms with Gasteiger partial charge in [0.05, 0.1) is 5.69 Å². The van der Waals surface area contributed by atoms with Gasteiger partial charge in [-0.3, -0.25) is 9.97 Å². The van der Waals surface area contributed by atoms with E-state index >= 15 is 0 Å². The first-order valence-corrected chi connectivity index (χ1v) is 10.9. The molecule has 1 aliphatic rings. The average Bonchev–Trinajstić information content (AvgIpc) is 3.00. The van der Waals surface area contributed by atoms with E-state index in [0.29, 0.717) is 18.1 Å². The van der Waals surface area contributed by atoms with Crippen LogP contribution in [0, 0.1) is 0 Å². The molecule has 1 aromatic carbocycles. The molecule has 29 heavy (non-hydrogen) atoms. The molecule has 2 aromatic rings. The smallest absolute Gasteiger partial charge is 0.124 e. The predicted molar refractivity (Wildman–Crippen MR) is 115 cm³/mol. The Kier molecular flexibility index (Phi) is 9.15. The molecule has 2 N–H and O–H groups in total. The van der Waals surface area contributed by atoms with E-state index in [0.717, 1.165) is 43.1 Å². The van der Waals surface area contributed by atoms with Crippen molar-refractivity contribution in [2.24, 2.45) is 0 Å². The van der Waals surface area contributed by atoms with Crippen LogP contribution < -0.4 is 10.1 Å². The maximum atomic E-state index is 10.4. The van der Waals surface area contributed by atoms with E-state index in [9.17, 15) is 5.11 Å². The maximum absolute atomic E-state index is 10.4. The fourth-order valence-corrected chi connectivity index (χ4v) is 3.78. The van der Waals surface area contributed by atoms with E-state index in [4.69, 9.17) is 16.3 Å². The highest BCUT2D eigenvalue weighted by molar-refractivity contribution is 6.30. The van der Waals surface area contributed by atoms with Crippen molar-refractivity contribution in [2.75, 3.05) is 32.8 Å². The Bertz CT molecular complexity index is 724. The van der Waals surface area contributed by atoms with E-state index in [1.807, 2.05) is 18.2 Å². The van der Waals surface area contributed by atoms with Crippen LogP contribution in [0.15, 0.2) is 36.8 Å². The van der Waals surface area contributed by atoms with Gasteiger partial charge in [-0.25, -0.2) is 0 Å². The molecule has 2 heterocycles. The highest BCUT2D eigenvalue weighted by Gasteiger charge is 2.15. The Labute approximate surface area is 178 Å². The average molecular weight is 419 g/mol. The molecule has 1 unspecified atom stereocenters. The summed E-state index contributed by atoms with van der Waals surface area (Å²) >= 11 is 6.17. The zero-order chi connectivity index (χ0) is 20.3. The lowest BCUT2D eigenvalue weighted by molar-refractivity contribution is 0.0690. The minimum Gasteiger partial charge on any atom is -0.491 e. The highest BCUT2D eigenvalue weighted by atomic mass is 35.5. The van der Waals surface area contributed by atoms with Gasteiger partial charge in [0.15, 0.2) is 0 Å². The van der Waals surface area contributed by atoms with Gasteiger partial charge in [0.25, 0.3) is 0 Å². The maximum Gasteiger partial charge on any atom is 0.124 e. The van der Waals surface area contributed by atoms with Gasteiger partial charge in [0.1, 0.15) is 18.5 Å². The van der Waals surface area contributed by atoms with Crippen LogP contribution in [0.3, 0.4) is 0 Å². The van der Waals surface area contributed by atoms with Crippen LogP contribution in [0.25, 0.3) is 0 Å². The molecule has 0 spiro atoms. The molecule has 6 nitrogen and oxygen atoms in total. The molecule has 1 aromatic heterocycles. The molecular formula is C22H31ClN4O2. The monoisotopic (exact) mass is 418 g/mol. The topological polar surface area (TPSA) is 70.5 Å². The number of aliphatic hydroxyl groups excluding tert-OH is 1. The van der Waals surface area contributed by atoms with E-state index in [1.165, 1.54) is 25.7 Å². The minimum atomic E-state index is -0.499. The number of likely N-dealkylation sites (tertiary alicyclic amines) is 1. The first-order chi connectivity index (χ1) is 14.2. The van der Waals surface area contributed by atoms with E-state index in [1.54, 1.807) is 18.6 Å². The number of benzene rings is 1. The first kappa shape index (κ1) is 22.0. The number of aliphatic hydroxyl groups is 1. The molecule has 3 rings (SSSR count). The standard InChI is InChI=1S/C22H31ClN4O2/c23-19-5-6-22(29-17-21(28)16-27-11-3-1-2-4-12-27)18(13-19)14-24-8-7-20-15-25-9-10-26-20/h5-6,9-10,13,15,21,24,28H,1-4,7-8,11-12,14,16-17H2. The Morgan fingerprint density at radius 1 is 1.17 bits per heavy atom. The largest absolute Gasteiger partial charge is 0.491 e. The Hall–Kier alpha value is -1.73. The van der Waals surface area contributed by atoms with Gasteiger partial charge >= 0.3 is 0 Å². The van der Waals surface area contributed by atoms with Crippen molar-refractivity contribution in [3.05, 3.63) is 53.1 Å². The molecule has 7 heteroatoms. The summed E-state index contributed by atoms with van der Waals surface area (Å²) in [6.07, 6.45) is 10.5. The number of hydrogen-bond donors (Lipinski definition) is 2. The SMILES string of the molecule is OC(COc1ccc(Cl)cc1CNCCc1cnccn1)CN1CCCCCC1. The van der Waals surface area contributed by atoms with Crippen molar-refractivity contribution in [2.45, 2.75) is 44.8 Å². The molecule has 0 saturated carbocycles. The van der Waals surface area contributed by atoms with Crippen molar-refractivity contribution < 1.29 is 9.84 Å². The third kappa shape index (κ3) is 7.90. The summed E-state index contributed by atoms with van der Waals surface area (Å²) in [4.78, 5) is 10.7. The van der Waals surface area contributed by atoms with Crippen LogP contribution in [-0.4, -0.2) is 58.9 Å². The van der Waals surface area contributed by atoms with Crippen molar-refractivity contribution in [1.29, 1.82) is 0 Å². The van der Waals surface area contributed by atoms with Gasteiger partial charge in [-0.15, -0.1) is 0 Å². The molecule has 0 radical (unpaired) electrons. The second-order valence-corrected chi connectivity index (χ2v) is 7.99. The number of nitrogens with zero attached hydrogens (tertiary/aromatic N) is 3. The molecule has 158 valence electrons. The summed E-state index contributed by atoms with van der Waals surface area (Å²) in [5, 5.41) is 14.5. The highest BCUT2D eigenvalue weighted by Crippen LogP contribution is 2.23. The van der Waals surface area contributed by atoms with E-state index < -0.39 is 6.10 Å². The molecule has 1 fully saturated rings. The van der Waals surface area contributed by atoms with Crippen LogP contribution in [0.5, 0.6) is 5.75 Å². The van der Waals surface area contributed by atoms with Crippen molar-refractivity contribution >= 4 is 11.6 Å². The Balaban J connectivity index is 1.46. The molecule has 0 bridgehead atoms. The molecule has 0 amide bonds. The van der Waals surface area contributed by atoms with Gasteiger partial charge in [-0.05, 0) is 44.1 Å². The summed E-state index contributed by atoms with van der Waals surface area (Å²) in [6.45, 7) is 4.50. The molecule has 1 atom stereocenters. The molecule has 1 aliphatic heterocycles. The first-order valence-electron chi connectivity index (χ1n) is 10.5. The van der Waals surface area contributed by atoms with Crippen LogP contribution in [0.1, 0.15) is 36.9 Å². The third-order valence-corrected chi connectivity index (χ3v) is 5.35. The summed E-state index contributed by atoms with van der Waals surface area (Å²) in [5.41, 5.74) is 1.94. The minimum absolute atomic E-state index is 0.282. The van der Waals surface area contributed by atoms with Crippen LogP contribution in [0.2, 0.25) is 5.02 Å². The predicted octanol–water partition coefficient (Wildman–Crippen LogP) is 3.08. The number of nitrogens with one attached hydrogen (secondary N) is 1. The van der Waals surface area contributed by atoms with Crippen molar-refractivity contribution in [1.82, 2.24) is 20.2 Å². The summed E-state index contributed by atoms with van der Waals surface area (Å²) in [5.74, 6) is 0.760. The van der Waals surface area contributed by atoms with Crippen LogP contribution in [0.4, 0.5) is 0 Å². The Morgan fingerprint density at radius 3 is 2.76 bits per heavy atom. The lowest BCUT2D eigenvalue weighted by Gasteiger charge is -2.23. The number of β-amino-alcohol motifs (C(OH)–C–C–N with tert-alkyl or cyclic N) is 1. The fraction of sp³-hybridized carbons (Fsp3) is 0.545. The number of aromatic nitrogens is 2. The fourth-order valence-electron chi connectivity index (χ4n) is 3.58. The summed E-state index contributed by atoms with van der Waals surface area (Å²) < 4.78 is 5.94. The Morgan fingerprint density at radius 2 is 2.00 bits per heavy atom. The van der Waals surface area contributed by atoms with Gasteiger partial charge in [-0.1, -0.05) is 24.4 Å². The summed E-state index contributed by atoms with van der Waals surface area (Å²) in [7, 11) is 0. The number of halogens is 1. The third-order valence-electron chi connectivity index (χ3n) is 5.11. The van der Waals surface area contributed by atoms with Gasteiger partial charge < -0.3 is 20.1 Å². The number of hydrogen-bond acceptors (Lipinski definition) is 6. The molecular weight excluding hydrogens is 388 g/mol. The van der Waals surface area contributed by atoms with E-state index in [-0.39, 0.29) is 6.61 Å². The van der Waals surface area contributed by atoms with Crippen molar-refractivity contribution in [3.63, 3.8) is 0 Å². The van der Waals surface area contributed by atoms with Gasteiger partial charge in [0.2, 0.25) is 0 Å². The van der Waals surface area contributed by atoms with Gasteiger partial charge in [-0.2, -0.15) is 0 Å². The lowest BCUT2D eigenvalue weighted by atomic mass is 10.2. The normalized spacial score (nSPS) is 16.3. The zero-order valence-electron chi connectivity index (χ0n) is 16.9. The molecule has 0 aliphatic carbocycles. The van der Waals surface area contributed by atoms with Gasteiger partial charge in [0, 0.05) is 55.2 Å². The van der Waals surface area contributed by atoms with E-state index in [2.05, 4.69) is 20.2 Å². The van der Waals surface area contributed by atoms with Crippen molar-refractivity contribution in [3.8, 4) is 5.75 Å². The second-order valence-electron chi connectivity index (χ2n) is 7.56. The zero-order valence-corrected chi connectivity index (χ0v) is 17.7. The second kappa shape index (κ2) is 12.1. The van der Waals surface area contributed by atoms with Crippen LogP contribution in [-0.2, 0) is 13.0 Å². The number of ether oxygens (including phenoxy) is 1. The number of rotatable bonds is 10.